The van der Waals surface area contributed by atoms with Crippen molar-refractivity contribution in [2.45, 2.75) is 51.5 Å². The molecule has 0 bridgehead atoms. The number of hydrogen-bond donors (Lipinski definition) is 1. The highest BCUT2D eigenvalue weighted by atomic mass is 14.9. The second-order valence-electron chi connectivity index (χ2n) is 6.54. The molecule has 0 amide bonds. The van der Waals surface area contributed by atoms with Crippen molar-refractivity contribution in [1.29, 1.82) is 0 Å². The van der Waals surface area contributed by atoms with Gasteiger partial charge in [0, 0.05) is 6.04 Å². The van der Waals surface area contributed by atoms with E-state index in [-0.39, 0.29) is 0 Å². The first kappa shape index (κ1) is 14.6. The first-order valence-corrected chi connectivity index (χ1v) is 8.55. The van der Waals surface area contributed by atoms with Crippen LogP contribution in [0.3, 0.4) is 0 Å². The molecule has 0 saturated heterocycles. The highest BCUT2D eigenvalue weighted by Gasteiger charge is 2.14. The molecule has 1 aliphatic rings. The molecule has 2 aromatic rings. The summed E-state index contributed by atoms with van der Waals surface area (Å²) in [5.41, 5.74) is 1.43. The summed E-state index contributed by atoms with van der Waals surface area (Å²) >= 11 is 0. The third-order valence-corrected chi connectivity index (χ3v) is 5.02. The van der Waals surface area contributed by atoms with Gasteiger partial charge >= 0.3 is 0 Å². The molecule has 0 radical (unpaired) electrons. The van der Waals surface area contributed by atoms with E-state index in [2.05, 4.69) is 54.7 Å². The summed E-state index contributed by atoms with van der Waals surface area (Å²) in [6.45, 7) is 3.44. The summed E-state index contributed by atoms with van der Waals surface area (Å²) in [5.74, 6) is 0.964. The Labute approximate surface area is 128 Å². The molecule has 2 aromatic carbocycles. The minimum Gasteiger partial charge on any atom is -0.310 e. The lowest BCUT2D eigenvalue weighted by Crippen LogP contribution is -2.22. The van der Waals surface area contributed by atoms with Gasteiger partial charge in [-0.1, -0.05) is 74.6 Å². The Balaban J connectivity index is 1.60. The van der Waals surface area contributed by atoms with Crippen LogP contribution in [-0.2, 0) is 0 Å². The lowest BCUT2D eigenvalue weighted by molar-refractivity contribution is 0.329. The molecule has 1 heteroatoms. The van der Waals surface area contributed by atoms with E-state index >= 15 is 0 Å². The van der Waals surface area contributed by atoms with Crippen molar-refractivity contribution in [2.75, 3.05) is 6.54 Å². The van der Waals surface area contributed by atoms with E-state index in [1.807, 2.05) is 0 Å². The van der Waals surface area contributed by atoms with Crippen molar-refractivity contribution in [3.8, 4) is 0 Å². The fraction of sp³-hybridized carbons (Fsp3) is 0.500. The molecular formula is C20H27N. The van der Waals surface area contributed by atoms with Gasteiger partial charge in [0.2, 0.25) is 0 Å². The molecule has 1 atom stereocenters. The Morgan fingerprint density at radius 1 is 1.00 bits per heavy atom. The minimum absolute atomic E-state index is 0.430. The van der Waals surface area contributed by atoms with Gasteiger partial charge in [-0.25, -0.2) is 0 Å². The lowest BCUT2D eigenvalue weighted by Gasteiger charge is -2.23. The van der Waals surface area contributed by atoms with Gasteiger partial charge in [-0.15, -0.1) is 0 Å². The molecule has 1 unspecified atom stereocenters. The second-order valence-corrected chi connectivity index (χ2v) is 6.54. The molecule has 3 rings (SSSR count). The van der Waals surface area contributed by atoms with E-state index < -0.39 is 0 Å². The molecule has 1 N–H and O–H groups in total. The molecular weight excluding hydrogens is 254 g/mol. The van der Waals surface area contributed by atoms with E-state index in [0.717, 1.165) is 12.5 Å². The van der Waals surface area contributed by atoms with Crippen molar-refractivity contribution in [3.05, 3.63) is 48.0 Å². The summed E-state index contributed by atoms with van der Waals surface area (Å²) in [6.07, 6.45) is 8.59. The van der Waals surface area contributed by atoms with Crippen LogP contribution in [0.25, 0.3) is 10.8 Å². The number of nitrogens with one attached hydrogen (secondary N) is 1. The van der Waals surface area contributed by atoms with Crippen molar-refractivity contribution in [1.82, 2.24) is 5.32 Å². The SMILES string of the molecule is CC(NCCC1CCCCC1)c1cccc2ccccc12. The quantitative estimate of drug-likeness (QED) is 0.767. The van der Waals surface area contributed by atoms with Crippen molar-refractivity contribution < 1.29 is 0 Å². The van der Waals surface area contributed by atoms with Gasteiger partial charge in [0.15, 0.2) is 0 Å². The first-order chi connectivity index (χ1) is 10.3. The number of hydrogen-bond acceptors (Lipinski definition) is 1. The molecule has 0 heterocycles. The lowest BCUT2D eigenvalue weighted by atomic mass is 9.87. The zero-order chi connectivity index (χ0) is 14.5. The first-order valence-electron chi connectivity index (χ1n) is 8.55. The molecule has 1 fully saturated rings. The molecule has 1 nitrogen and oxygen atoms in total. The summed E-state index contributed by atoms with van der Waals surface area (Å²) < 4.78 is 0. The van der Waals surface area contributed by atoms with E-state index in [1.54, 1.807) is 0 Å². The normalized spacial score (nSPS) is 18.0. The summed E-state index contributed by atoms with van der Waals surface area (Å²) in [6, 6.07) is 15.8. The van der Waals surface area contributed by atoms with Crippen LogP contribution in [0.5, 0.6) is 0 Å². The Morgan fingerprint density at radius 3 is 2.62 bits per heavy atom. The predicted molar refractivity (Wildman–Crippen MR) is 91.6 cm³/mol. The number of benzene rings is 2. The van der Waals surface area contributed by atoms with Gasteiger partial charge in [0.25, 0.3) is 0 Å². The third-order valence-electron chi connectivity index (χ3n) is 5.02. The average molecular weight is 281 g/mol. The van der Waals surface area contributed by atoms with Crippen molar-refractivity contribution >= 4 is 10.8 Å². The molecule has 21 heavy (non-hydrogen) atoms. The van der Waals surface area contributed by atoms with E-state index in [0.29, 0.717) is 6.04 Å². The zero-order valence-electron chi connectivity index (χ0n) is 13.1. The molecule has 112 valence electrons. The van der Waals surface area contributed by atoms with Crippen LogP contribution in [0, 0.1) is 5.92 Å². The van der Waals surface area contributed by atoms with Crippen LogP contribution < -0.4 is 5.32 Å². The Morgan fingerprint density at radius 2 is 1.76 bits per heavy atom. The second kappa shape index (κ2) is 7.09. The zero-order valence-corrected chi connectivity index (χ0v) is 13.1. The van der Waals surface area contributed by atoms with Gasteiger partial charge in [0.05, 0.1) is 0 Å². The molecule has 1 aliphatic carbocycles. The van der Waals surface area contributed by atoms with Gasteiger partial charge in [0.1, 0.15) is 0 Å². The molecule has 1 saturated carbocycles. The van der Waals surface area contributed by atoms with Crippen LogP contribution in [0.15, 0.2) is 42.5 Å². The highest BCUT2D eigenvalue weighted by molar-refractivity contribution is 5.86. The van der Waals surface area contributed by atoms with Gasteiger partial charge in [-0.2, -0.15) is 0 Å². The molecule has 0 aliphatic heterocycles. The highest BCUT2D eigenvalue weighted by Crippen LogP contribution is 2.27. The van der Waals surface area contributed by atoms with E-state index in [1.165, 1.54) is 54.9 Å². The van der Waals surface area contributed by atoms with Crippen LogP contribution in [0.4, 0.5) is 0 Å². The molecule has 0 spiro atoms. The standard InChI is InChI=1S/C20H27N/c1-16(21-15-14-17-8-3-2-4-9-17)19-13-7-11-18-10-5-6-12-20(18)19/h5-7,10-13,16-17,21H,2-4,8-9,14-15H2,1H3. The van der Waals surface area contributed by atoms with Gasteiger partial charge in [-0.05, 0) is 42.1 Å². The van der Waals surface area contributed by atoms with Gasteiger partial charge < -0.3 is 5.32 Å². The summed E-state index contributed by atoms with van der Waals surface area (Å²) in [5, 5.41) is 6.47. The van der Waals surface area contributed by atoms with E-state index in [4.69, 9.17) is 0 Å². The van der Waals surface area contributed by atoms with Crippen LogP contribution in [0.2, 0.25) is 0 Å². The Bertz CT molecular complexity index is 564. The topological polar surface area (TPSA) is 12.0 Å². The fourth-order valence-corrected chi connectivity index (χ4v) is 3.72. The number of rotatable bonds is 5. The maximum atomic E-state index is 3.74. The largest absolute Gasteiger partial charge is 0.310 e. The molecule has 0 aromatic heterocycles. The maximum Gasteiger partial charge on any atom is 0.0297 e. The maximum absolute atomic E-state index is 3.74. The average Bonchev–Trinajstić information content (AvgIpc) is 2.55. The van der Waals surface area contributed by atoms with Crippen molar-refractivity contribution in [2.24, 2.45) is 5.92 Å². The minimum atomic E-state index is 0.430. The predicted octanol–water partition coefficient (Wildman–Crippen LogP) is 5.46. The van der Waals surface area contributed by atoms with Crippen LogP contribution in [-0.4, -0.2) is 6.54 Å². The Kier molecular flexibility index (Phi) is 4.92. The van der Waals surface area contributed by atoms with Crippen LogP contribution in [0.1, 0.15) is 57.1 Å². The summed E-state index contributed by atoms with van der Waals surface area (Å²) in [4.78, 5) is 0. The van der Waals surface area contributed by atoms with Crippen molar-refractivity contribution in [3.63, 3.8) is 0 Å². The van der Waals surface area contributed by atoms with Gasteiger partial charge in [-0.3, -0.25) is 0 Å². The summed E-state index contributed by atoms with van der Waals surface area (Å²) in [7, 11) is 0. The third kappa shape index (κ3) is 3.65. The fourth-order valence-electron chi connectivity index (χ4n) is 3.72. The van der Waals surface area contributed by atoms with Crippen LogP contribution >= 0.6 is 0 Å². The smallest absolute Gasteiger partial charge is 0.0297 e. The number of fused-ring (bicyclic) bond motifs is 1. The monoisotopic (exact) mass is 281 g/mol. The Hall–Kier alpha value is -1.34. The van der Waals surface area contributed by atoms with E-state index in [9.17, 15) is 0 Å².